The number of anilines is 3. The number of alkyl halides is 6. The Hall–Kier alpha value is -8.39. The molecule has 3 saturated heterocycles. The van der Waals surface area contributed by atoms with Gasteiger partial charge < -0.3 is 35.8 Å². The summed E-state index contributed by atoms with van der Waals surface area (Å²) in [7, 11) is 0. The van der Waals surface area contributed by atoms with Crippen LogP contribution in [0.2, 0.25) is 0 Å². The molecule has 0 saturated carbocycles. The van der Waals surface area contributed by atoms with Gasteiger partial charge in [-0.05, 0) is 114 Å². The molecule has 12 heterocycles. The number of hydrogen-bond acceptors (Lipinski definition) is 16. The zero-order chi connectivity index (χ0) is 58.6. The molecule has 19 nitrogen and oxygen atoms in total. The summed E-state index contributed by atoms with van der Waals surface area (Å²) in [4.78, 5) is 32.3. The molecule has 434 valence electrons. The Morgan fingerprint density at radius 1 is 0.578 bits per heavy atom. The number of piperazine rings is 3. The lowest BCUT2D eigenvalue weighted by molar-refractivity contribution is -0.138. The fourth-order valence-corrected chi connectivity index (χ4v) is 10.5. The second-order valence-corrected chi connectivity index (χ2v) is 21.5. The van der Waals surface area contributed by atoms with Crippen LogP contribution in [0, 0.1) is 0 Å². The van der Waals surface area contributed by atoms with E-state index in [-0.39, 0.29) is 40.9 Å². The predicted octanol–water partition coefficient (Wildman–Crippen LogP) is 9.14. The number of halogens is 6. The minimum Gasteiger partial charge on any atom is -0.389 e. The average Bonchev–Trinajstić information content (AvgIpc) is 3.90. The summed E-state index contributed by atoms with van der Waals surface area (Å²) in [5, 5.41) is 43.2. The summed E-state index contributed by atoms with van der Waals surface area (Å²) >= 11 is 0. The molecule has 9 aromatic rings. The summed E-state index contributed by atoms with van der Waals surface area (Å²) in [6.07, 6.45) is -1.32. The third kappa shape index (κ3) is 13.4. The molecule has 25 heteroatoms. The van der Waals surface area contributed by atoms with Gasteiger partial charge >= 0.3 is 12.4 Å². The molecule has 9 aromatic heterocycles. The van der Waals surface area contributed by atoms with Gasteiger partial charge in [0.05, 0.1) is 45.5 Å². The van der Waals surface area contributed by atoms with E-state index in [1.807, 2.05) is 74.8 Å². The first kappa shape index (κ1) is 57.8. The Morgan fingerprint density at radius 3 is 1.55 bits per heavy atom. The SMILES string of the molecule is C=C(C)CC1CN(c2ccc(C(F)(F)F)c(-c3[nH]nc4ncccc34)n2)CCN1.CC(C)(O)C1CN(c2cccc(-c3[nH]nc4ncccc34)n2)CCN1.CC(C)=CC1CN(c2ccc(C(F)(F)F)c(-c3[nH]nc4ncccc34)n2)CCN1. The van der Waals surface area contributed by atoms with Crippen molar-refractivity contribution in [1.29, 1.82) is 0 Å². The monoisotopic (exact) mass is 1140 g/mol. The molecule has 3 aliphatic rings. The van der Waals surface area contributed by atoms with Gasteiger partial charge in [0, 0.05) is 106 Å². The second-order valence-electron chi connectivity index (χ2n) is 21.5. The third-order valence-corrected chi connectivity index (χ3v) is 14.4. The van der Waals surface area contributed by atoms with Crippen LogP contribution in [0.15, 0.2) is 121 Å². The smallest absolute Gasteiger partial charge is 0.389 e. The molecule has 0 spiro atoms. The largest absolute Gasteiger partial charge is 0.418 e. The van der Waals surface area contributed by atoms with Crippen LogP contribution in [0.4, 0.5) is 43.8 Å². The first-order chi connectivity index (χ1) is 39.7. The van der Waals surface area contributed by atoms with Gasteiger partial charge in [-0.2, -0.15) is 41.6 Å². The molecule has 3 fully saturated rings. The van der Waals surface area contributed by atoms with Crippen molar-refractivity contribution >= 4 is 50.6 Å². The normalized spacial score (nSPS) is 17.9. The standard InChI is InChI=1S/2C20H21F3N6.C18H22N6O/c2*1-12(2)10-13-11-29(9-8-24-13)16-6-5-15(20(21,22)23)18(26-16)17-14-4-3-7-25-19(14)28-27-17;1-18(2,25)14-11-24(10-9-19-14)15-7-3-6-13(21-15)16-12-5-4-8-20-17(12)23-22-16/h3-7,10,13,24H,8-9,11H2,1-2H3,(H,25,27,28);3-7,13,24H,1,8-11H2,2H3,(H,25,27,28);3-8,14,19,25H,9-11H2,1-2H3,(H,20,22,23). The minimum absolute atomic E-state index is 0.00360. The molecule has 7 N–H and O–H groups in total. The minimum atomic E-state index is -4.54. The Labute approximate surface area is 474 Å². The first-order valence-corrected chi connectivity index (χ1v) is 27.2. The number of aromatic amines is 3. The molecule has 3 aliphatic heterocycles. The van der Waals surface area contributed by atoms with Crippen LogP contribution in [0.25, 0.3) is 67.3 Å². The van der Waals surface area contributed by atoms with Crippen molar-refractivity contribution in [3.8, 4) is 34.2 Å². The van der Waals surface area contributed by atoms with Crippen molar-refractivity contribution < 1.29 is 31.4 Å². The molecule has 0 aliphatic carbocycles. The number of H-pyrrole nitrogens is 3. The van der Waals surface area contributed by atoms with Crippen LogP contribution in [-0.2, 0) is 12.4 Å². The maximum absolute atomic E-state index is 13.7. The first-order valence-electron chi connectivity index (χ1n) is 27.2. The zero-order valence-electron chi connectivity index (χ0n) is 46.4. The van der Waals surface area contributed by atoms with Gasteiger partial charge in [-0.3, -0.25) is 15.3 Å². The van der Waals surface area contributed by atoms with Gasteiger partial charge in [-0.1, -0.05) is 23.3 Å². The molecule has 0 bridgehead atoms. The van der Waals surface area contributed by atoms with E-state index in [1.54, 1.807) is 42.9 Å². The highest BCUT2D eigenvalue weighted by Crippen LogP contribution is 2.40. The molecule has 12 rings (SSSR count). The maximum Gasteiger partial charge on any atom is 0.418 e. The van der Waals surface area contributed by atoms with Crippen molar-refractivity contribution in [3.05, 3.63) is 132 Å². The van der Waals surface area contributed by atoms with Gasteiger partial charge in [-0.15, -0.1) is 6.58 Å². The zero-order valence-corrected chi connectivity index (χ0v) is 46.4. The number of aromatic nitrogens is 12. The fraction of sp³-hybridized carbons (Fsp3) is 0.362. The topological polar surface area (TPSA) is 229 Å². The van der Waals surface area contributed by atoms with E-state index in [4.69, 9.17) is 4.98 Å². The van der Waals surface area contributed by atoms with E-state index in [0.717, 1.165) is 72.9 Å². The molecule has 0 aromatic carbocycles. The van der Waals surface area contributed by atoms with Gasteiger partial charge in [0.2, 0.25) is 0 Å². The second kappa shape index (κ2) is 24.2. The highest BCUT2D eigenvalue weighted by atomic mass is 19.4. The van der Waals surface area contributed by atoms with Gasteiger partial charge in [0.1, 0.15) is 28.8 Å². The van der Waals surface area contributed by atoms with E-state index < -0.39 is 29.1 Å². The molecule has 3 unspecified atom stereocenters. The molecular weight excluding hydrogens is 1080 g/mol. The van der Waals surface area contributed by atoms with Crippen molar-refractivity contribution in [2.75, 3.05) is 73.6 Å². The summed E-state index contributed by atoms with van der Waals surface area (Å²) in [6.45, 7) is 20.1. The Morgan fingerprint density at radius 2 is 1.05 bits per heavy atom. The van der Waals surface area contributed by atoms with Crippen molar-refractivity contribution in [1.82, 2.24) is 76.4 Å². The number of allylic oxidation sites excluding steroid dienone is 1. The Balaban J connectivity index is 0.000000140. The lowest BCUT2D eigenvalue weighted by atomic mass is 9.97. The van der Waals surface area contributed by atoms with Crippen molar-refractivity contribution in [2.24, 2.45) is 0 Å². The predicted molar refractivity (Wildman–Crippen MR) is 309 cm³/mol. The van der Waals surface area contributed by atoms with Gasteiger partial charge in [0.15, 0.2) is 16.9 Å². The van der Waals surface area contributed by atoms with Crippen LogP contribution in [0.1, 0.15) is 52.2 Å². The van der Waals surface area contributed by atoms with Crippen LogP contribution >= 0.6 is 0 Å². The van der Waals surface area contributed by atoms with E-state index in [0.29, 0.717) is 72.1 Å². The van der Waals surface area contributed by atoms with E-state index in [1.165, 1.54) is 17.7 Å². The number of fused-ring (bicyclic) bond motifs is 3. The summed E-state index contributed by atoms with van der Waals surface area (Å²) in [5.41, 5.74) is 3.08. The summed E-state index contributed by atoms with van der Waals surface area (Å²) < 4.78 is 82.2. The van der Waals surface area contributed by atoms with Crippen LogP contribution in [-0.4, -0.2) is 148 Å². The third-order valence-electron chi connectivity index (χ3n) is 14.4. The highest BCUT2D eigenvalue weighted by molar-refractivity contribution is 5.92. The lowest BCUT2D eigenvalue weighted by Crippen LogP contribution is -2.59. The van der Waals surface area contributed by atoms with E-state index in [9.17, 15) is 31.4 Å². The van der Waals surface area contributed by atoms with Crippen LogP contribution in [0.3, 0.4) is 0 Å². The van der Waals surface area contributed by atoms with E-state index in [2.05, 4.69) is 89.0 Å². The van der Waals surface area contributed by atoms with Crippen molar-refractivity contribution in [3.63, 3.8) is 0 Å². The highest BCUT2D eigenvalue weighted by Gasteiger charge is 2.38. The number of nitrogens with one attached hydrogen (secondary N) is 6. The number of nitrogens with zero attached hydrogens (tertiary/aromatic N) is 12. The quantitative estimate of drug-likeness (QED) is 0.0500. The lowest BCUT2D eigenvalue weighted by Gasteiger charge is -2.40. The summed E-state index contributed by atoms with van der Waals surface area (Å²) in [5.74, 6) is 1.92. The van der Waals surface area contributed by atoms with Crippen LogP contribution < -0.4 is 30.7 Å². The van der Waals surface area contributed by atoms with Crippen LogP contribution in [0.5, 0.6) is 0 Å². The molecule has 0 amide bonds. The molecule has 3 atom stereocenters. The number of hydrogen-bond donors (Lipinski definition) is 7. The van der Waals surface area contributed by atoms with E-state index >= 15 is 0 Å². The molecular formula is C58H64F6N18O. The fourth-order valence-electron chi connectivity index (χ4n) is 10.5. The Bertz CT molecular complexity index is 3750. The number of aliphatic hydroxyl groups is 1. The van der Waals surface area contributed by atoms with Gasteiger partial charge in [-0.25, -0.2) is 29.9 Å². The number of pyridine rings is 6. The summed E-state index contributed by atoms with van der Waals surface area (Å²) in [6, 6.07) is 21.9. The Kier molecular flexibility index (Phi) is 16.9. The van der Waals surface area contributed by atoms with Gasteiger partial charge in [0.25, 0.3) is 0 Å². The average molecular weight is 1140 g/mol. The molecule has 83 heavy (non-hydrogen) atoms. The molecule has 0 radical (unpaired) electrons. The van der Waals surface area contributed by atoms with Crippen molar-refractivity contribution in [2.45, 2.75) is 77.1 Å². The maximum atomic E-state index is 13.7. The number of rotatable bonds is 10.